The molecule has 0 bridgehead atoms. The third kappa shape index (κ3) is 2.04. The van der Waals surface area contributed by atoms with Crippen molar-refractivity contribution in [3.63, 3.8) is 0 Å². The molecule has 0 unspecified atom stereocenters. The Labute approximate surface area is 94.2 Å². The minimum Gasteiger partial charge on any atom is -0.392 e. The highest BCUT2D eigenvalue weighted by molar-refractivity contribution is 8.02. The standard InChI is InChI=1S/C8H9FN3O3S/c9-4-1-12(8(14)11-7(4)10)5-3-16-6(2-13)15-5/h1,5,13H,2-3H2,(H2,10,11,14)/t5-/m0/s1. The van der Waals surface area contributed by atoms with Crippen LogP contribution in [0.15, 0.2) is 11.0 Å². The van der Waals surface area contributed by atoms with Crippen LogP contribution in [0.2, 0.25) is 0 Å². The Morgan fingerprint density at radius 3 is 3.19 bits per heavy atom. The topological polar surface area (TPSA) is 90.4 Å². The van der Waals surface area contributed by atoms with E-state index in [1.807, 2.05) is 0 Å². The van der Waals surface area contributed by atoms with Crippen molar-refractivity contribution in [1.29, 1.82) is 0 Å². The highest BCUT2D eigenvalue weighted by Crippen LogP contribution is 2.35. The zero-order valence-electron chi connectivity index (χ0n) is 8.09. The first-order valence-electron chi connectivity index (χ1n) is 4.42. The first-order chi connectivity index (χ1) is 7.61. The summed E-state index contributed by atoms with van der Waals surface area (Å²) in [6, 6.07) is 0. The molecule has 1 saturated heterocycles. The van der Waals surface area contributed by atoms with Gasteiger partial charge in [-0.2, -0.15) is 4.98 Å². The predicted octanol–water partition coefficient (Wildman–Crippen LogP) is -0.292. The number of rotatable bonds is 2. The van der Waals surface area contributed by atoms with Gasteiger partial charge < -0.3 is 15.6 Å². The summed E-state index contributed by atoms with van der Waals surface area (Å²) in [5.41, 5.74) is 4.87. The average Bonchev–Trinajstić information content (AvgIpc) is 2.71. The molecular weight excluding hydrogens is 237 g/mol. The summed E-state index contributed by atoms with van der Waals surface area (Å²) in [6.07, 6.45) is 0.304. The van der Waals surface area contributed by atoms with Crippen molar-refractivity contribution in [3.05, 3.63) is 27.9 Å². The van der Waals surface area contributed by atoms with E-state index >= 15 is 0 Å². The van der Waals surface area contributed by atoms with Crippen LogP contribution < -0.4 is 11.4 Å². The van der Waals surface area contributed by atoms with Gasteiger partial charge in [0, 0.05) is 5.75 Å². The van der Waals surface area contributed by atoms with E-state index in [0.717, 1.165) is 10.8 Å². The summed E-state index contributed by atoms with van der Waals surface area (Å²) in [7, 11) is 0. The van der Waals surface area contributed by atoms with E-state index in [-0.39, 0.29) is 6.61 Å². The second-order valence-corrected chi connectivity index (χ2v) is 4.15. The van der Waals surface area contributed by atoms with Gasteiger partial charge in [0.05, 0.1) is 12.8 Å². The van der Waals surface area contributed by atoms with E-state index in [4.69, 9.17) is 15.6 Å². The number of thioether (sulfide) groups is 1. The molecule has 1 atom stereocenters. The highest BCUT2D eigenvalue weighted by Gasteiger charge is 2.29. The molecule has 0 spiro atoms. The lowest BCUT2D eigenvalue weighted by Crippen LogP contribution is -2.29. The maximum Gasteiger partial charge on any atom is 0.351 e. The van der Waals surface area contributed by atoms with Crippen LogP contribution in [0.1, 0.15) is 6.23 Å². The molecule has 87 valence electrons. The largest absolute Gasteiger partial charge is 0.392 e. The van der Waals surface area contributed by atoms with Gasteiger partial charge in [0.1, 0.15) is 6.23 Å². The Hall–Kier alpha value is -1.12. The molecular formula is C8H9FN3O3S. The van der Waals surface area contributed by atoms with Crippen molar-refractivity contribution in [2.75, 3.05) is 18.1 Å². The highest BCUT2D eigenvalue weighted by atomic mass is 32.2. The van der Waals surface area contributed by atoms with Crippen molar-refractivity contribution in [3.8, 4) is 0 Å². The molecule has 0 aromatic carbocycles. The Bertz CT molecular complexity index is 453. The molecule has 1 aliphatic heterocycles. The van der Waals surface area contributed by atoms with E-state index in [1.54, 1.807) is 0 Å². The van der Waals surface area contributed by atoms with Crippen molar-refractivity contribution >= 4 is 17.6 Å². The van der Waals surface area contributed by atoms with E-state index < -0.39 is 23.6 Å². The monoisotopic (exact) mass is 246 g/mol. The molecule has 1 aromatic rings. The summed E-state index contributed by atoms with van der Waals surface area (Å²) in [4.78, 5) is 14.7. The molecule has 0 amide bonds. The molecule has 3 N–H and O–H groups in total. The first-order valence-corrected chi connectivity index (χ1v) is 5.40. The average molecular weight is 246 g/mol. The quantitative estimate of drug-likeness (QED) is 0.745. The lowest BCUT2D eigenvalue weighted by molar-refractivity contribution is 0.0448. The SMILES string of the molecule is Nc1nc(=O)n([C@@H]2CS[C](CO)O2)cc1F. The molecule has 16 heavy (non-hydrogen) atoms. The second kappa shape index (κ2) is 4.40. The first kappa shape index (κ1) is 11.4. The number of halogens is 1. The maximum absolute atomic E-state index is 13.1. The van der Waals surface area contributed by atoms with Gasteiger partial charge in [0.15, 0.2) is 17.1 Å². The summed E-state index contributed by atoms with van der Waals surface area (Å²) >= 11 is 1.27. The van der Waals surface area contributed by atoms with Crippen molar-refractivity contribution in [2.45, 2.75) is 6.23 Å². The molecule has 0 aliphatic carbocycles. The molecule has 1 aliphatic rings. The summed E-state index contributed by atoms with van der Waals surface area (Å²) in [5.74, 6) is -0.787. The van der Waals surface area contributed by atoms with Gasteiger partial charge in [-0.25, -0.2) is 9.18 Å². The number of nitrogens with zero attached hydrogens (tertiary/aromatic N) is 2. The van der Waals surface area contributed by atoms with Crippen LogP contribution in [0.3, 0.4) is 0 Å². The number of hydrogen-bond acceptors (Lipinski definition) is 6. The minimum absolute atomic E-state index is 0.235. The second-order valence-electron chi connectivity index (χ2n) is 3.08. The Balaban J connectivity index is 2.28. The van der Waals surface area contributed by atoms with Crippen LogP contribution in [0.25, 0.3) is 0 Å². The number of anilines is 1. The Morgan fingerprint density at radius 1 is 1.81 bits per heavy atom. The summed E-state index contributed by atoms with van der Waals surface area (Å²) in [6.45, 7) is -0.235. The van der Waals surface area contributed by atoms with Crippen molar-refractivity contribution in [1.82, 2.24) is 9.55 Å². The number of nitrogens with two attached hydrogens (primary N) is 1. The van der Waals surface area contributed by atoms with Crippen LogP contribution in [-0.2, 0) is 4.74 Å². The maximum atomic E-state index is 13.1. The van der Waals surface area contributed by atoms with Crippen molar-refractivity contribution < 1.29 is 14.2 Å². The van der Waals surface area contributed by atoms with E-state index in [2.05, 4.69) is 4.98 Å². The molecule has 6 nitrogen and oxygen atoms in total. The summed E-state index contributed by atoms with van der Waals surface area (Å²) < 4.78 is 19.4. The van der Waals surface area contributed by atoms with E-state index in [9.17, 15) is 9.18 Å². The molecule has 2 rings (SSSR count). The van der Waals surface area contributed by atoms with Gasteiger partial charge in [-0.15, -0.1) is 11.8 Å². The fourth-order valence-electron chi connectivity index (χ4n) is 1.27. The molecule has 1 radical (unpaired) electrons. The molecule has 1 fully saturated rings. The lowest BCUT2D eigenvalue weighted by atomic mass is 10.5. The molecule has 2 heterocycles. The van der Waals surface area contributed by atoms with Gasteiger partial charge in [-0.05, 0) is 0 Å². The zero-order chi connectivity index (χ0) is 11.7. The number of aromatic nitrogens is 2. The van der Waals surface area contributed by atoms with E-state index in [1.165, 1.54) is 11.8 Å². The zero-order valence-corrected chi connectivity index (χ0v) is 8.91. The number of nitrogen functional groups attached to an aromatic ring is 1. The number of aliphatic hydroxyl groups is 1. The third-order valence-corrected chi connectivity index (χ3v) is 3.03. The third-order valence-electron chi connectivity index (χ3n) is 2.03. The van der Waals surface area contributed by atoms with Gasteiger partial charge >= 0.3 is 5.69 Å². The Kier molecular flexibility index (Phi) is 3.13. The fourth-order valence-corrected chi connectivity index (χ4v) is 2.10. The van der Waals surface area contributed by atoms with E-state index in [0.29, 0.717) is 11.2 Å². The van der Waals surface area contributed by atoms with Gasteiger partial charge in [-0.3, -0.25) is 4.57 Å². The van der Waals surface area contributed by atoms with Gasteiger partial charge in [0.2, 0.25) is 0 Å². The normalized spacial score (nSPS) is 21.5. The predicted molar refractivity (Wildman–Crippen MR) is 55.8 cm³/mol. The Morgan fingerprint density at radius 2 is 2.56 bits per heavy atom. The smallest absolute Gasteiger partial charge is 0.351 e. The van der Waals surface area contributed by atoms with Crippen LogP contribution in [0, 0.1) is 11.3 Å². The number of ether oxygens (including phenoxy) is 1. The van der Waals surface area contributed by atoms with Crippen LogP contribution in [0.5, 0.6) is 0 Å². The van der Waals surface area contributed by atoms with Crippen LogP contribution in [0.4, 0.5) is 10.2 Å². The van der Waals surface area contributed by atoms with Crippen LogP contribution >= 0.6 is 11.8 Å². The van der Waals surface area contributed by atoms with Crippen molar-refractivity contribution in [2.24, 2.45) is 0 Å². The lowest BCUT2D eigenvalue weighted by Gasteiger charge is -2.13. The molecule has 8 heteroatoms. The summed E-state index contributed by atoms with van der Waals surface area (Å²) in [5, 5.41) is 8.82. The van der Waals surface area contributed by atoms with Gasteiger partial charge in [0.25, 0.3) is 0 Å². The molecule has 0 saturated carbocycles. The minimum atomic E-state index is -0.773. The van der Waals surface area contributed by atoms with Gasteiger partial charge in [-0.1, -0.05) is 0 Å². The number of hydrogen-bond donors (Lipinski definition) is 2. The molecule has 1 aromatic heterocycles. The number of aliphatic hydroxyl groups excluding tert-OH is 1. The fraction of sp³-hybridized carbons (Fsp3) is 0.375. The van der Waals surface area contributed by atoms with Crippen LogP contribution in [-0.4, -0.2) is 27.0 Å².